The number of nitrogens with two attached hydrogens (primary N) is 1. The van der Waals surface area contributed by atoms with E-state index >= 15 is 0 Å². The maximum absolute atomic E-state index is 12.9. The van der Waals surface area contributed by atoms with Gasteiger partial charge in [-0.3, -0.25) is 0 Å². The highest BCUT2D eigenvalue weighted by Gasteiger charge is 2.32. The van der Waals surface area contributed by atoms with Crippen LogP contribution in [0.3, 0.4) is 0 Å². The molecule has 0 radical (unpaired) electrons. The van der Waals surface area contributed by atoms with E-state index in [4.69, 9.17) is 17.3 Å². The highest BCUT2D eigenvalue weighted by Crippen LogP contribution is 2.33. The van der Waals surface area contributed by atoms with E-state index in [1.54, 1.807) is 6.07 Å². The molecule has 0 fully saturated rings. The molecule has 0 saturated carbocycles. The monoisotopic (exact) mass is 259 g/mol. The van der Waals surface area contributed by atoms with E-state index < -0.39 is 5.41 Å². The molecule has 0 spiro atoms. The van der Waals surface area contributed by atoms with Gasteiger partial charge in [0.1, 0.15) is 5.82 Å². The molecule has 0 amide bonds. The topological polar surface area (TPSA) is 46.2 Å². The van der Waals surface area contributed by atoms with Gasteiger partial charge < -0.3 is 10.8 Å². The summed E-state index contributed by atoms with van der Waals surface area (Å²) in [7, 11) is 0. The first-order chi connectivity index (χ1) is 7.95. The van der Waals surface area contributed by atoms with Gasteiger partial charge in [-0.05, 0) is 30.0 Å². The molecule has 0 saturated heterocycles. The minimum absolute atomic E-state index is 0.00509. The standard InChI is InChI=1S/C13H19ClFNO/c1-9(2)13(7-16,8-17)6-10-3-4-11(15)5-12(10)14/h3-5,9,17H,6-8,16H2,1-2H3. The lowest BCUT2D eigenvalue weighted by Gasteiger charge is -2.35. The second kappa shape index (κ2) is 5.80. The van der Waals surface area contributed by atoms with E-state index in [0.29, 0.717) is 18.0 Å². The van der Waals surface area contributed by atoms with Crippen LogP contribution in [0.2, 0.25) is 5.02 Å². The van der Waals surface area contributed by atoms with E-state index in [-0.39, 0.29) is 18.3 Å². The molecule has 0 aromatic heterocycles. The van der Waals surface area contributed by atoms with Crippen molar-refractivity contribution in [1.82, 2.24) is 0 Å². The summed E-state index contributed by atoms with van der Waals surface area (Å²) in [5.74, 6) is -0.135. The van der Waals surface area contributed by atoms with Crippen molar-refractivity contribution < 1.29 is 9.50 Å². The van der Waals surface area contributed by atoms with E-state index in [1.165, 1.54) is 12.1 Å². The van der Waals surface area contributed by atoms with Gasteiger partial charge in [-0.2, -0.15) is 0 Å². The molecule has 2 nitrogen and oxygen atoms in total. The van der Waals surface area contributed by atoms with Gasteiger partial charge in [0.25, 0.3) is 0 Å². The van der Waals surface area contributed by atoms with Gasteiger partial charge in [-0.1, -0.05) is 31.5 Å². The Morgan fingerprint density at radius 2 is 2.12 bits per heavy atom. The fourth-order valence-electron chi connectivity index (χ4n) is 1.86. The number of rotatable bonds is 5. The fourth-order valence-corrected chi connectivity index (χ4v) is 2.09. The maximum atomic E-state index is 12.9. The van der Waals surface area contributed by atoms with Gasteiger partial charge in [0.15, 0.2) is 0 Å². The summed E-state index contributed by atoms with van der Waals surface area (Å²) in [4.78, 5) is 0. The SMILES string of the molecule is CC(C)C(CN)(CO)Cc1ccc(F)cc1Cl. The second-order valence-electron chi connectivity index (χ2n) is 4.79. The fraction of sp³-hybridized carbons (Fsp3) is 0.538. The summed E-state index contributed by atoms with van der Waals surface area (Å²) >= 11 is 5.99. The zero-order chi connectivity index (χ0) is 13.1. The third-order valence-corrected chi connectivity index (χ3v) is 3.86. The summed E-state index contributed by atoms with van der Waals surface area (Å²) in [5, 5.41) is 9.94. The first-order valence-corrected chi connectivity index (χ1v) is 6.08. The maximum Gasteiger partial charge on any atom is 0.124 e. The van der Waals surface area contributed by atoms with Crippen molar-refractivity contribution in [3.63, 3.8) is 0 Å². The van der Waals surface area contributed by atoms with Crippen molar-refractivity contribution in [2.75, 3.05) is 13.2 Å². The number of benzene rings is 1. The smallest absolute Gasteiger partial charge is 0.124 e. The zero-order valence-electron chi connectivity index (χ0n) is 10.2. The van der Waals surface area contributed by atoms with Crippen molar-refractivity contribution >= 4 is 11.6 Å². The van der Waals surface area contributed by atoms with Gasteiger partial charge in [0.2, 0.25) is 0 Å². The summed E-state index contributed by atoms with van der Waals surface area (Å²) < 4.78 is 12.9. The van der Waals surface area contributed by atoms with Gasteiger partial charge in [-0.15, -0.1) is 0 Å². The first kappa shape index (κ1) is 14.4. The largest absolute Gasteiger partial charge is 0.396 e. The van der Waals surface area contributed by atoms with Crippen molar-refractivity contribution in [2.24, 2.45) is 17.1 Å². The molecular formula is C13H19ClFNO. The molecule has 1 aromatic carbocycles. The van der Waals surface area contributed by atoms with Crippen LogP contribution in [0.25, 0.3) is 0 Å². The number of aliphatic hydroxyl groups excluding tert-OH is 1. The molecule has 0 aliphatic rings. The summed E-state index contributed by atoms with van der Waals surface area (Å²) in [6, 6.07) is 4.32. The molecule has 17 heavy (non-hydrogen) atoms. The predicted octanol–water partition coefficient (Wildman–Crippen LogP) is 2.62. The van der Waals surface area contributed by atoms with Crippen LogP contribution in [0.15, 0.2) is 18.2 Å². The average Bonchev–Trinajstić information content (AvgIpc) is 2.28. The van der Waals surface area contributed by atoms with Gasteiger partial charge >= 0.3 is 0 Å². The van der Waals surface area contributed by atoms with Crippen LogP contribution in [0, 0.1) is 17.2 Å². The summed E-state index contributed by atoms with van der Waals surface area (Å²) in [6.07, 6.45) is 0.552. The predicted molar refractivity (Wildman–Crippen MR) is 68.5 cm³/mol. The second-order valence-corrected chi connectivity index (χ2v) is 5.20. The van der Waals surface area contributed by atoms with Crippen LogP contribution in [-0.4, -0.2) is 18.3 Å². The normalized spacial score (nSPS) is 15.0. The number of halogens is 2. The van der Waals surface area contributed by atoms with Gasteiger partial charge in [-0.25, -0.2) is 4.39 Å². The molecule has 3 N–H and O–H groups in total. The third-order valence-electron chi connectivity index (χ3n) is 3.50. The molecule has 1 unspecified atom stereocenters. The van der Waals surface area contributed by atoms with Crippen LogP contribution in [0.4, 0.5) is 4.39 Å². The van der Waals surface area contributed by atoms with Crippen LogP contribution < -0.4 is 5.73 Å². The highest BCUT2D eigenvalue weighted by atomic mass is 35.5. The quantitative estimate of drug-likeness (QED) is 0.854. The Balaban J connectivity index is 3.01. The number of hydrogen-bond acceptors (Lipinski definition) is 2. The van der Waals surface area contributed by atoms with Gasteiger partial charge in [0.05, 0.1) is 6.61 Å². The van der Waals surface area contributed by atoms with Crippen LogP contribution in [-0.2, 0) is 6.42 Å². The molecule has 0 bridgehead atoms. The Hall–Kier alpha value is -0.640. The molecule has 4 heteroatoms. The minimum Gasteiger partial charge on any atom is -0.396 e. The number of aliphatic hydroxyl groups is 1. The van der Waals surface area contributed by atoms with Crippen molar-refractivity contribution in [2.45, 2.75) is 20.3 Å². The van der Waals surface area contributed by atoms with Crippen LogP contribution >= 0.6 is 11.6 Å². The van der Waals surface area contributed by atoms with Crippen LogP contribution in [0.1, 0.15) is 19.4 Å². The van der Waals surface area contributed by atoms with E-state index in [0.717, 1.165) is 5.56 Å². The Kier molecular flexibility index (Phi) is 4.92. The van der Waals surface area contributed by atoms with Crippen LogP contribution in [0.5, 0.6) is 0 Å². The summed E-state index contributed by atoms with van der Waals surface area (Å²) in [5.41, 5.74) is 6.19. The zero-order valence-corrected chi connectivity index (χ0v) is 11.0. The summed E-state index contributed by atoms with van der Waals surface area (Å²) in [6.45, 7) is 4.39. The molecular weight excluding hydrogens is 241 g/mol. The molecule has 0 aliphatic heterocycles. The molecule has 1 aromatic rings. The lowest BCUT2D eigenvalue weighted by atomic mass is 9.73. The van der Waals surface area contributed by atoms with Crippen molar-refractivity contribution in [3.8, 4) is 0 Å². The molecule has 1 rings (SSSR count). The van der Waals surface area contributed by atoms with Gasteiger partial charge in [0, 0.05) is 17.0 Å². The third kappa shape index (κ3) is 3.18. The van der Waals surface area contributed by atoms with E-state index in [2.05, 4.69) is 0 Å². The first-order valence-electron chi connectivity index (χ1n) is 5.70. The molecule has 0 aliphatic carbocycles. The van der Waals surface area contributed by atoms with Crippen molar-refractivity contribution in [1.29, 1.82) is 0 Å². The minimum atomic E-state index is -0.401. The van der Waals surface area contributed by atoms with E-state index in [9.17, 15) is 9.50 Å². The Bertz CT molecular complexity index is 378. The highest BCUT2D eigenvalue weighted by molar-refractivity contribution is 6.31. The van der Waals surface area contributed by atoms with Crippen molar-refractivity contribution in [3.05, 3.63) is 34.6 Å². The Labute approximate surface area is 107 Å². The molecule has 1 atom stereocenters. The lowest BCUT2D eigenvalue weighted by molar-refractivity contribution is 0.0843. The average molecular weight is 260 g/mol. The molecule has 96 valence electrons. The Morgan fingerprint density at radius 3 is 2.53 bits per heavy atom. The Morgan fingerprint density at radius 1 is 1.47 bits per heavy atom. The van der Waals surface area contributed by atoms with E-state index in [1.807, 2.05) is 13.8 Å². The number of hydrogen-bond donors (Lipinski definition) is 2. The molecule has 0 heterocycles. The lowest BCUT2D eigenvalue weighted by Crippen LogP contribution is -2.41.